The Kier molecular flexibility index (Phi) is 4.77. The molecular weight excluding hydrogens is 280 g/mol. The van der Waals surface area contributed by atoms with Crippen molar-refractivity contribution in [3.63, 3.8) is 0 Å². The quantitative estimate of drug-likeness (QED) is 0.840. The molecule has 1 aromatic rings. The molecule has 0 atom stereocenters. The van der Waals surface area contributed by atoms with Crippen LogP contribution in [0.3, 0.4) is 0 Å². The zero-order valence-electron chi connectivity index (χ0n) is 10.6. The molecule has 1 aliphatic carbocycles. The van der Waals surface area contributed by atoms with Gasteiger partial charge in [-0.3, -0.25) is 4.79 Å². The van der Waals surface area contributed by atoms with Gasteiger partial charge in [-0.15, -0.1) is 0 Å². The van der Waals surface area contributed by atoms with E-state index in [1.807, 2.05) is 0 Å². The molecule has 0 heterocycles. The third-order valence-corrected chi connectivity index (χ3v) is 3.94. The second kappa shape index (κ2) is 6.35. The standard InChI is InChI=1S/C14H17ClN2OS/c15-10-6-7-11(13(16)19)12(8-10)17-14(18)9-4-2-1-3-5-9/h6-9H,1-5H2,(H2,16,19)(H,17,18). The number of benzene rings is 1. The molecule has 0 bridgehead atoms. The maximum absolute atomic E-state index is 12.2. The van der Waals surface area contributed by atoms with Crippen LogP contribution in [-0.2, 0) is 4.79 Å². The van der Waals surface area contributed by atoms with Gasteiger partial charge in [0.25, 0.3) is 0 Å². The molecule has 0 aliphatic heterocycles. The van der Waals surface area contributed by atoms with Crippen LogP contribution in [0.15, 0.2) is 18.2 Å². The number of hydrogen-bond acceptors (Lipinski definition) is 2. The van der Waals surface area contributed by atoms with Crippen molar-refractivity contribution in [2.75, 3.05) is 5.32 Å². The van der Waals surface area contributed by atoms with Gasteiger partial charge in [0, 0.05) is 16.5 Å². The highest BCUT2D eigenvalue weighted by atomic mass is 35.5. The number of halogens is 1. The first-order chi connectivity index (χ1) is 9.08. The van der Waals surface area contributed by atoms with Gasteiger partial charge in [-0.2, -0.15) is 0 Å². The third kappa shape index (κ3) is 3.67. The molecule has 3 N–H and O–H groups in total. The van der Waals surface area contributed by atoms with Crippen LogP contribution in [0.4, 0.5) is 5.69 Å². The van der Waals surface area contributed by atoms with Crippen molar-refractivity contribution < 1.29 is 4.79 Å². The number of hydrogen-bond donors (Lipinski definition) is 2. The normalized spacial score (nSPS) is 16.1. The lowest BCUT2D eigenvalue weighted by Crippen LogP contribution is -2.26. The van der Waals surface area contributed by atoms with E-state index in [9.17, 15) is 4.79 Å². The SMILES string of the molecule is NC(=S)c1ccc(Cl)cc1NC(=O)C1CCCCC1. The lowest BCUT2D eigenvalue weighted by Gasteiger charge is -2.21. The average molecular weight is 297 g/mol. The van der Waals surface area contributed by atoms with Gasteiger partial charge in [-0.05, 0) is 31.0 Å². The topological polar surface area (TPSA) is 55.1 Å². The van der Waals surface area contributed by atoms with E-state index in [2.05, 4.69) is 5.32 Å². The van der Waals surface area contributed by atoms with Crippen LogP contribution in [-0.4, -0.2) is 10.9 Å². The fourth-order valence-electron chi connectivity index (χ4n) is 2.43. The van der Waals surface area contributed by atoms with E-state index in [1.54, 1.807) is 18.2 Å². The van der Waals surface area contributed by atoms with Gasteiger partial charge in [0.2, 0.25) is 5.91 Å². The Morgan fingerprint density at radius 1 is 1.32 bits per heavy atom. The molecule has 5 heteroatoms. The fourth-order valence-corrected chi connectivity index (χ4v) is 2.78. The summed E-state index contributed by atoms with van der Waals surface area (Å²) >= 11 is 10.9. The number of carbonyl (C=O) groups excluding carboxylic acids is 1. The molecule has 0 saturated heterocycles. The van der Waals surface area contributed by atoms with Crippen molar-refractivity contribution in [3.8, 4) is 0 Å². The van der Waals surface area contributed by atoms with Crippen LogP contribution in [0.2, 0.25) is 5.02 Å². The first kappa shape index (κ1) is 14.3. The Morgan fingerprint density at radius 3 is 2.63 bits per heavy atom. The molecule has 1 aromatic carbocycles. The van der Waals surface area contributed by atoms with E-state index < -0.39 is 0 Å². The Labute approximate surface area is 123 Å². The Morgan fingerprint density at radius 2 is 2.00 bits per heavy atom. The van der Waals surface area contributed by atoms with E-state index in [4.69, 9.17) is 29.6 Å². The highest BCUT2D eigenvalue weighted by Crippen LogP contribution is 2.27. The minimum Gasteiger partial charge on any atom is -0.389 e. The van der Waals surface area contributed by atoms with Crippen molar-refractivity contribution in [1.82, 2.24) is 0 Å². The van der Waals surface area contributed by atoms with Gasteiger partial charge in [0.15, 0.2) is 0 Å². The molecule has 2 rings (SSSR count). The van der Waals surface area contributed by atoms with Crippen LogP contribution in [0, 0.1) is 5.92 Å². The van der Waals surface area contributed by atoms with E-state index in [0.717, 1.165) is 25.7 Å². The summed E-state index contributed by atoms with van der Waals surface area (Å²) in [7, 11) is 0. The van der Waals surface area contributed by atoms with Crippen LogP contribution < -0.4 is 11.1 Å². The second-order valence-electron chi connectivity index (χ2n) is 4.88. The van der Waals surface area contributed by atoms with Gasteiger partial charge in [-0.25, -0.2) is 0 Å². The largest absolute Gasteiger partial charge is 0.389 e. The summed E-state index contributed by atoms with van der Waals surface area (Å²) in [5, 5.41) is 3.47. The number of nitrogens with two attached hydrogens (primary N) is 1. The predicted molar refractivity (Wildman–Crippen MR) is 82.5 cm³/mol. The smallest absolute Gasteiger partial charge is 0.227 e. The molecule has 1 aliphatic rings. The Hall–Kier alpha value is -1.13. The summed E-state index contributed by atoms with van der Waals surface area (Å²) in [5.74, 6) is 0.131. The average Bonchev–Trinajstić information content (AvgIpc) is 2.39. The van der Waals surface area contributed by atoms with E-state index in [0.29, 0.717) is 16.3 Å². The van der Waals surface area contributed by atoms with Crippen LogP contribution in [0.1, 0.15) is 37.7 Å². The van der Waals surface area contributed by atoms with Crippen molar-refractivity contribution >= 4 is 40.4 Å². The molecule has 1 fully saturated rings. The Bertz CT molecular complexity index is 498. The van der Waals surface area contributed by atoms with Gasteiger partial charge < -0.3 is 11.1 Å². The lowest BCUT2D eigenvalue weighted by atomic mass is 9.88. The van der Waals surface area contributed by atoms with E-state index in [-0.39, 0.29) is 16.8 Å². The third-order valence-electron chi connectivity index (χ3n) is 3.48. The number of thiocarbonyl (C=S) groups is 1. The predicted octanol–water partition coefficient (Wildman–Crippen LogP) is 3.49. The molecule has 1 saturated carbocycles. The molecule has 3 nitrogen and oxygen atoms in total. The summed E-state index contributed by atoms with van der Waals surface area (Å²) in [4.78, 5) is 12.5. The summed E-state index contributed by atoms with van der Waals surface area (Å²) < 4.78 is 0. The molecule has 0 unspecified atom stereocenters. The van der Waals surface area contributed by atoms with Crippen LogP contribution in [0.25, 0.3) is 0 Å². The van der Waals surface area contributed by atoms with Crippen molar-refractivity contribution in [2.45, 2.75) is 32.1 Å². The van der Waals surface area contributed by atoms with Crippen molar-refractivity contribution in [2.24, 2.45) is 11.7 Å². The zero-order valence-corrected chi connectivity index (χ0v) is 12.2. The van der Waals surface area contributed by atoms with Gasteiger partial charge in [0.05, 0.1) is 5.69 Å². The van der Waals surface area contributed by atoms with Gasteiger partial charge in [0.1, 0.15) is 4.99 Å². The number of nitrogens with one attached hydrogen (secondary N) is 1. The van der Waals surface area contributed by atoms with Gasteiger partial charge >= 0.3 is 0 Å². The molecule has 0 radical (unpaired) electrons. The molecule has 19 heavy (non-hydrogen) atoms. The van der Waals surface area contributed by atoms with E-state index >= 15 is 0 Å². The number of anilines is 1. The summed E-state index contributed by atoms with van der Waals surface area (Å²) in [6.07, 6.45) is 5.37. The molecule has 0 spiro atoms. The maximum Gasteiger partial charge on any atom is 0.227 e. The zero-order chi connectivity index (χ0) is 13.8. The molecule has 0 aromatic heterocycles. The minimum absolute atomic E-state index is 0.0412. The summed E-state index contributed by atoms with van der Waals surface area (Å²) in [5.41, 5.74) is 6.92. The summed E-state index contributed by atoms with van der Waals surface area (Å²) in [6, 6.07) is 5.14. The first-order valence-corrected chi connectivity index (χ1v) is 7.27. The summed E-state index contributed by atoms with van der Waals surface area (Å²) in [6.45, 7) is 0. The maximum atomic E-state index is 12.2. The Balaban J connectivity index is 2.15. The lowest BCUT2D eigenvalue weighted by molar-refractivity contribution is -0.120. The van der Waals surface area contributed by atoms with Gasteiger partial charge in [-0.1, -0.05) is 43.1 Å². The van der Waals surface area contributed by atoms with Crippen molar-refractivity contribution in [3.05, 3.63) is 28.8 Å². The number of rotatable bonds is 3. The second-order valence-corrected chi connectivity index (χ2v) is 5.75. The highest BCUT2D eigenvalue weighted by molar-refractivity contribution is 7.80. The molecule has 102 valence electrons. The monoisotopic (exact) mass is 296 g/mol. The molecular formula is C14H17ClN2OS. The minimum atomic E-state index is 0.0412. The van der Waals surface area contributed by atoms with E-state index in [1.165, 1.54) is 6.42 Å². The fraction of sp³-hybridized carbons (Fsp3) is 0.429. The number of amides is 1. The first-order valence-electron chi connectivity index (χ1n) is 6.48. The molecule has 1 amide bonds. The van der Waals surface area contributed by atoms with Crippen LogP contribution in [0.5, 0.6) is 0 Å². The van der Waals surface area contributed by atoms with Crippen LogP contribution >= 0.6 is 23.8 Å². The highest BCUT2D eigenvalue weighted by Gasteiger charge is 2.22. The number of carbonyl (C=O) groups is 1. The van der Waals surface area contributed by atoms with Crippen molar-refractivity contribution in [1.29, 1.82) is 0 Å².